The van der Waals surface area contributed by atoms with Crippen molar-refractivity contribution in [2.24, 2.45) is 0 Å². The van der Waals surface area contributed by atoms with Crippen LogP contribution in [0.2, 0.25) is 0 Å². The molecule has 3 heterocycles. The van der Waals surface area contributed by atoms with Crippen LogP contribution < -0.4 is 10.2 Å². The Balaban J connectivity index is 1.59. The lowest BCUT2D eigenvalue weighted by molar-refractivity contribution is 0.375. The molecule has 2 aromatic heterocycles. The number of aromatic nitrogens is 4. The van der Waals surface area contributed by atoms with Crippen LogP contribution in [0.3, 0.4) is 0 Å². The quantitative estimate of drug-likeness (QED) is 0.874. The minimum atomic E-state index is 0.662. The molecule has 1 fully saturated rings. The number of anilines is 2. The zero-order valence-electron chi connectivity index (χ0n) is 13.2. The van der Waals surface area contributed by atoms with Crippen LogP contribution in [-0.2, 0) is 12.8 Å². The summed E-state index contributed by atoms with van der Waals surface area (Å²) in [5.74, 6) is 3.09. The average Bonchev–Trinajstić information content (AvgIpc) is 3.18. The molecule has 1 aliphatic rings. The topological polar surface area (TPSA) is 80.0 Å². The van der Waals surface area contributed by atoms with E-state index in [1.54, 1.807) is 0 Å². The molecule has 0 atom stereocenters. The number of nitrogens with zero attached hydrogens (tertiary/aromatic N) is 5. The lowest BCUT2D eigenvalue weighted by Crippen LogP contribution is -2.21. The van der Waals surface area contributed by atoms with E-state index in [0.717, 1.165) is 42.8 Å². The van der Waals surface area contributed by atoms with Gasteiger partial charge in [0.25, 0.3) is 0 Å². The Morgan fingerprint density at radius 2 is 2.05 bits per heavy atom. The third-order valence-electron chi connectivity index (χ3n) is 3.70. The summed E-state index contributed by atoms with van der Waals surface area (Å²) in [4.78, 5) is 15.7. The number of hydrogen-bond donors (Lipinski definition) is 1. The summed E-state index contributed by atoms with van der Waals surface area (Å²) < 4.78 is 5.18. The van der Waals surface area contributed by atoms with Gasteiger partial charge in [0, 0.05) is 44.2 Å². The molecule has 0 saturated carbocycles. The molecule has 0 amide bonds. The van der Waals surface area contributed by atoms with Crippen molar-refractivity contribution in [3.8, 4) is 0 Å². The van der Waals surface area contributed by atoms with Crippen LogP contribution in [-0.4, -0.2) is 39.7 Å². The van der Waals surface area contributed by atoms with Crippen molar-refractivity contribution >= 4 is 11.8 Å². The molecule has 0 spiro atoms. The van der Waals surface area contributed by atoms with Gasteiger partial charge in [-0.25, -0.2) is 4.98 Å². The first kappa shape index (κ1) is 14.7. The third-order valence-corrected chi connectivity index (χ3v) is 3.70. The molecular weight excluding hydrogens is 280 g/mol. The lowest BCUT2D eigenvalue weighted by atomic mass is 10.4. The fourth-order valence-corrected chi connectivity index (χ4v) is 2.53. The van der Waals surface area contributed by atoms with Gasteiger partial charge in [-0.05, 0) is 19.8 Å². The summed E-state index contributed by atoms with van der Waals surface area (Å²) in [6, 6.07) is 1.96. The maximum atomic E-state index is 5.18. The highest BCUT2D eigenvalue weighted by molar-refractivity contribution is 5.44. The van der Waals surface area contributed by atoms with Gasteiger partial charge in [0.15, 0.2) is 5.82 Å². The lowest BCUT2D eigenvalue weighted by Gasteiger charge is -2.16. The van der Waals surface area contributed by atoms with Gasteiger partial charge in [-0.2, -0.15) is 9.97 Å². The van der Waals surface area contributed by atoms with E-state index in [1.165, 1.54) is 12.8 Å². The molecule has 0 radical (unpaired) electrons. The first-order valence-corrected chi connectivity index (χ1v) is 7.90. The van der Waals surface area contributed by atoms with Crippen LogP contribution in [0, 0.1) is 6.92 Å². The summed E-state index contributed by atoms with van der Waals surface area (Å²) in [6.45, 7) is 6.81. The molecule has 7 heteroatoms. The third kappa shape index (κ3) is 3.52. The predicted octanol–water partition coefficient (Wildman–Crippen LogP) is 1.99. The molecule has 1 saturated heterocycles. The molecule has 0 aliphatic carbocycles. The van der Waals surface area contributed by atoms with Gasteiger partial charge in [-0.3, -0.25) is 0 Å². The van der Waals surface area contributed by atoms with Crippen molar-refractivity contribution in [1.82, 2.24) is 20.1 Å². The first-order valence-electron chi connectivity index (χ1n) is 7.90. The highest BCUT2D eigenvalue weighted by Crippen LogP contribution is 2.18. The molecular formula is C15H22N6O. The molecule has 118 valence electrons. The Kier molecular flexibility index (Phi) is 4.50. The van der Waals surface area contributed by atoms with Gasteiger partial charge in [-0.15, -0.1) is 0 Å². The zero-order chi connectivity index (χ0) is 15.4. The number of rotatable bonds is 6. The van der Waals surface area contributed by atoms with Crippen LogP contribution in [0.15, 0.2) is 10.6 Å². The standard InChI is InChI=1S/C15H22N6O/c1-3-12-18-14(22-20-12)6-7-16-13-10-11(2)17-15(19-13)21-8-4-5-9-21/h10H,3-9H2,1-2H3,(H,16,17,19). The van der Waals surface area contributed by atoms with Gasteiger partial charge < -0.3 is 14.7 Å². The second-order valence-corrected chi connectivity index (χ2v) is 5.52. The van der Waals surface area contributed by atoms with Crippen molar-refractivity contribution in [2.75, 3.05) is 29.9 Å². The molecule has 7 nitrogen and oxygen atoms in total. The molecule has 1 N–H and O–H groups in total. The van der Waals surface area contributed by atoms with Gasteiger partial charge in [0.2, 0.25) is 11.8 Å². The fraction of sp³-hybridized carbons (Fsp3) is 0.600. The van der Waals surface area contributed by atoms with Gasteiger partial charge >= 0.3 is 0 Å². The number of aryl methyl sites for hydroxylation is 2. The van der Waals surface area contributed by atoms with Crippen LogP contribution >= 0.6 is 0 Å². The monoisotopic (exact) mass is 302 g/mol. The summed E-state index contributed by atoms with van der Waals surface area (Å²) in [5.41, 5.74) is 0.977. The van der Waals surface area contributed by atoms with E-state index in [2.05, 4.69) is 30.3 Å². The Labute approximate surface area is 130 Å². The minimum Gasteiger partial charge on any atom is -0.369 e. The van der Waals surface area contributed by atoms with Gasteiger partial charge in [0.05, 0.1) is 0 Å². The zero-order valence-corrected chi connectivity index (χ0v) is 13.2. The number of nitrogens with one attached hydrogen (secondary N) is 1. The first-order chi connectivity index (χ1) is 10.7. The van der Waals surface area contributed by atoms with Crippen molar-refractivity contribution in [3.05, 3.63) is 23.5 Å². The fourth-order valence-electron chi connectivity index (χ4n) is 2.53. The van der Waals surface area contributed by atoms with Crippen LogP contribution in [0.4, 0.5) is 11.8 Å². The summed E-state index contributed by atoms with van der Waals surface area (Å²) in [7, 11) is 0. The van der Waals surface area contributed by atoms with Crippen molar-refractivity contribution < 1.29 is 4.52 Å². The van der Waals surface area contributed by atoms with E-state index in [0.29, 0.717) is 18.9 Å². The maximum Gasteiger partial charge on any atom is 0.228 e. The van der Waals surface area contributed by atoms with E-state index >= 15 is 0 Å². The second-order valence-electron chi connectivity index (χ2n) is 5.52. The van der Waals surface area contributed by atoms with E-state index in [9.17, 15) is 0 Å². The number of hydrogen-bond acceptors (Lipinski definition) is 7. The molecule has 3 rings (SSSR count). The Morgan fingerprint density at radius 1 is 1.23 bits per heavy atom. The molecule has 0 aromatic carbocycles. The Morgan fingerprint density at radius 3 is 2.77 bits per heavy atom. The van der Waals surface area contributed by atoms with Gasteiger partial charge in [0.1, 0.15) is 5.82 Å². The Hall–Kier alpha value is -2.18. The SMILES string of the molecule is CCc1noc(CCNc2cc(C)nc(N3CCCC3)n2)n1. The van der Waals surface area contributed by atoms with E-state index in [-0.39, 0.29) is 0 Å². The van der Waals surface area contributed by atoms with Crippen LogP contribution in [0.25, 0.3) is 0 Å². The minimum absolute atomic E-state index is 0.662. The maximum absolute atomic E-state index is 5.18. The molecule has 0 bridgehead atoms. The summed E-state index contributed by atoms with van der Waals surface area (Å²) in [5, 5.41) is 7.21. The van der Waals surface area contributed by atoms with Crippen LogP contribution in [0.1, 0.15) is 37.2 Å². The highest BCUT2D eigenvalue weighted by atomic mass is 16.5. The van der Waals surface area contributed by atoms with Crippen LogP contribution in [0.5, 0.6) is 0 Å². The van der Waals surface area contributed by atoms with E-state index in [4.69, 9.17) is 4.52 Å². The van der Waals surface area contributed by atoms with Crippen molar-refractivity contribution in [3.63, 3.8) is 0 Å². The summed E-state index contributed by atoms with van der Waals surface area (Å²) >= 11 is 0. The van der Waals surface area contributed by atoms with E-state index < -0.39 is 0 Å². The molecule has 0 unspecified atom stereocenters. The molecule has 2 aromatic rings. The smallest absolute Gasteiger partial charge is 0.228 e. The normalized spacial score (nSPS) is 14.5. The average molecular weight is 302 g/mol. The van der Waals surface area contributed by atoms with Crippen molar-refractivity contribution in [1.29, 1.82) is 0 Å². The Bertz CT molecular complexity index is 620. The van der Waals surface area contributed by atoms with E-state index in [1.807, 2.05) is 19.9 Å². The largest absolute Gasteiger partial charge is 0.369 e. The molecule has 1 aliphatic heterocycles. The summed E-state index contributed by atoms with van der Waals surface area (Å²) in [6.07, 6.45) is 3.92. The van der Waals surface area contributed by atoms with Crippen molar-refractivity contribution in [2.45, 2.75) is 39.5 Å². The molecule has 22 heavy (non-hydrogen) atoms. The second kappa shape index (κ2) is 6.72. The predicted molar refractivity (Wildman–Crippen MR) is 84.1 cm³/mol. The highest BCUT2D eigenvalue weighted by Gasteiger charge is 2.15. The van der Waals surface area contributed by atoms with Gasteiger partial charge in [-0.1, -0.05) is 12.1 Å².